The average molecular weight is 365 g/mol. The summed E-state index contributed by atoms with van der Waals surface area (Å²) in [6.07, 6.45) is 2.90. The van der Waals surface area contributed by atoms with Crippen molar-refractivity contribution < 1.29 is 14.7 Å². The fourth-order valence-electron chi connectivity index (χ4n) is 3.78. The molecule has 140 valence electrons. The molecule has 0 aromatic heterocycles. The molecule has 6 heteroatoms. The minimum absolute atomic E-state index is 0.0720. The first kappa shape index (κ1) is 17.4. The minimum Gasteiger partial charge on any atom is -0.508 e. The highest BCUT2D eigenvalue weighted by atomic mass is 16.3. The molecule has 2 aromatic rings. The summed E-state index contributed by atoms with van der Waals surface area (Å²) in [5, 5.41) is 15.6. The lowest BCUT2D eigenvalue weighted by Crippen LogP contribution is -2.36. The predicted octanol–water partition coefficient (Wildman–Crippen LogP) is 2.98. The summed E-state index contributed by atoms with van der Waals surface area (Å²) in [5.74, 6) is 0.359. The van der Waals surface area contributed by atoms with Crippen molar-refractivity contribution in [2.24, 2.45) is 0 Å². The van der Waals surface area contributed by atoms with Crippen LogP contribution in [0.15, 0.2) is 42.5 Å². The lowest BCUT2D eigenvalue weighted by atomic mass is 10.0. The number of benzene rings is 2. The summed E-state index contributed by atoms with van der Waals surface area (Å²) in [6.45, 7) is 1.27. The SMILES string of the molecule is O=C1CCC(c2ccc(NC(=O)N3CCc4ccc(O)cc4CC3)cc2)N1. The van der Waals surface area contributed by atoms with E-state index >= 15 is 0 Å². The second-order valence-electron chi connectivity index (χ2n) is 7.15. The Morgan fingerprint density at radius 2 is 1.78 bits per heavy atom. The molecule has 6 nitrogen and oxygen atoms in total. The molecule has 3 N–H and O–H groups in total. The zero-order chi connectivity index (χ0) is 18.8. The number of rotatable bonds is 2. The van der Waals surface area contributed by atoms with Crippen molar-refractivity contribution in [2.45, 2.75) is 31.7 Å². The van der Waals surface area contributed by atoms with Crippen LogP contribution in [0.5, 0.6) is 5.75 Å². The molecule has 27 heavy (non-hydrogen) atoms. The molecule has 2 aromatic carbocycles. The molecule has 0 saturated carbocycles. The first-order valence-electron chi connectivity index (χ1n) is 9.34. The molecule has 0 radical (unpaired) electrons. The molecule has 2 aliphatic heterocycles. The molecule has 1 unspecified atom stereocenters. The highest BCUT2D eigenvalue weighted by molar-refractivity contribution is 5.89. The molecule has 1 fully saturated rings. The molecular weight excluding hydrogens is 342 g/mol. The Morgan fingerprint density at radius 3 is 2.48 bits per heavy atom. The van der Waals surface area contributed by atoms with E-state index in [9.17, 15) is 14.7 Å². The molecule has 0 aliphatic carbocycles. The van der Waals surface area contributed by atoms with E-state index in [-0.39, 0.29) is 23.7 Å². The first-order chi connectivity index (χ1) is 13.1. The minimum atomic E-state index is -0.117. The smallest absolute Gasteiger partial charge is 0.321 e. The zero-order valence-corrected chi connectivity index (χ0v) is 15.1. The van der Waals surface area contributed by atoms with Gasteiger partial charge in [-0.15, -0.1) is 0 Å². The van der Waals surface area contributed by atoms with Crippen molar-refractivity contribution in [3.05, 3.63) is 59.2 Å². The number of carbonyl (C=O) groups excluding carboxylic acids is 2. The fourth-order valence-corrected chi connectivity index (χ4v) is 3.78. The van der Waals surface area contributed by atoms with E-state index in [0.717, 1.165) is 36.1 Å². The van der Waals surface area contributed by atoms with Crippen molar-refractivity contribution in [1.29, 1.82) is 0 Å². The number of nitrogens with zero attached hydrogens (tertiary/aromatic N) is 1. The lowest BCUT2D eigenvalue weighted by Gasteiger charge is -2.21. The van der Waals surface area contributed by atoms with E-state index in [1.807, 2.05) is 35.2 Å². The van der Waals surface area contributed by atoms with Crippen molar-refractivity contribution >= 4 is 17.6 Å². The van der Waals surface area contributed by atoms with Crippen LogP contribution in [-0.2, 0) is 17.6 Å². The number of urea groups is 1. The number of aromatic hydroxyl groups is 1. The van der Waals surface area contributed by atoms with Gasteiger partial charge in [-0.3, -0.25) is 4.79 Å². The quantitative estimate of drug-likeness (QED) is 0.765. The third kappa shape index (κ3) is 3.89. The van der Waals surface area contributed by atoms with Crippen molar-refractivity contribution in [1.82, 2.24) is 10.2 Å². The number of anilines is 1. The number of hydrogen-bond donors (Lipinski definition) is 3. The second kappa shape index (κ2) is 7.31. The van der Waals surface area contributed by atoms with Gasteiger partial charge in [0.1, 0.15) is 5.75 Å². The van der Waals surface area contributed by atoms with Gasteiger partial charge in [-0.25, -0.2) is 4.79 Å². The number of nitrogens with one attached hydrogen (secondary N) is 2. The molecule has 1 saturated heterocycles. The van der Waals surface area contributed by atoms with Crippen LogP contribution in [0.2, 0.25) is 0 Å². The number of amides is 3. The lowest BCUT2D eigenvalue weighted by molar-refractivity contribution is -0.119. The van der Waals surface area contributed by atoms with Crippen molar-refractivity contribution in [3.63, 3.8) is 0 Å². The average Bonchev–Trinajstić information content (AvgIpc) is 2.98. The molecule has 0 spiro atoms. The zero-order valence-electron chi connectivity index (χ0n) is 15.1. The molecule has 0 bridgehead atoms. The van der Waals surface area contributed by atoms with Gasteiger partial charge in [0.2, 0.25) is 5.91 Å². The summed E-state index contributed by atoms with van der Waals surface area (Å²) in [5.41, 5.74) is 4.09. The maximum Gasteiger partial charge on any atom is 0.321 e. The second-order valence-corrected chi connectivity index (χ2v) is 7.15. The Bertz CT molecular complexity index is 863. The highest BCUT2D eigenvalue weighted by Crippen LogP contribution is 2.25. The largest absolute Gasteiger partial charge is 0.508 e. The van der Waals surface area contributed by atoms with Crippen LogP contribution in [0.4, 0.5) is 10.5 Å². The molecule has 2 heterocycles. The van der Waals surface area contributed by atoms with Crippen LogP contribution in [-0.4, -0.2) is 35.0 Å². The third-order valence-electron chi connectivity index (χ3n) is 5.34. The van der Waals surface area contributed by atoms with E-state index in [1.165, 1.54) is 5.56 Å². The van der Waals surface area contributed by atoms with Gasteiger partial charge in [0.05, 0.1) is 6.04 Å². The standard InChI is InChI=1S/C21H23N3O3/c25-18-6-3-14-9-11-24(12-10-16(14)13-18)21(27)22-17-4-1-15(2-5-17)19-7-8-20(26)23-19/h1-6,13,19,25H,7-12H2,(H,22,27)(H,23,26). The topological polar surface area (TPSA) is 81.7 Å². The Hall–Kier alpha value is -3.02. The maximum atomic E-state index is 12.6. The van der Waals surface area contributed by atoms with Gasteiger partial charge in [-0.05, 0) is 60.2 Å². The number of fused-ring (bicyclic) bond motifs is 1. The van der Waals surface area contributed by atoms with Crippen LogP contribution in [0.1, 0.15) is 35.6 Å². The van der Waals surface area contributed by atoms with Gasteiger partial charge in [-0.1, -0.05) is 18.2 Å². The normalized spacial score (nSPS) is 19.2. The Balaban J connectivity index is 1.37. The highest BCUT2D eigenvalue weighted by Gasteiger charge is 2.22. The van der Waals surface area contributed by atoms with Gasteiger partial charge in [0, 0.05) is 25.2 Å². The fraction of sp³-hybridized carbons (Fsp3) is 0.333. The maximum absolute atomic E-state index is 12.6. The van der Waals surface area contributed by atoms with E-state index in [1.54, 1.807) is 12.1 Å². The van der Waals surface area contributed by atoms with Crippen LogP contribution in [0, 0.1) is 0 Å². The summed E-state index contributed by atoms with van der Waals surface area (Å²) in [7, 11) is 0. The first-order valence-corrected chi connectivity index (χ1v) is 9.34. The van der Waals surface area contributed by atoms with Crippen LogP contribution >= 0.6 is 0 Å². The monoisotopic (exact) mass is 365 g/mol. The van der Waals surface area contributed by atoms with Crippen LogP contribution < -0.4 is 10.6 Å². The number of phenolic OH excluding ortho intramolecular Hbond substituents is 1. The molecule has 1 atom stereocenters. The van der Waals surface area contributed by atoms with Gasteiger partial charge in [0.15, 0.2) is 0 Å². The molecule has 2 aliphatic rings. The van der Waals surface area contributed by atoms with Gasteiger partial charge >= 0.3 is 6.03 Å². The molecular formula is C21H23N3O3. The Morgan fingerprint density at radius 1 is 1.04 bits per heavy atom. The van der Waals surface area contributed by atoms with Crippen molar-refractivity contribution in [3.8, 4) is 5.75 Å². The Labute approximate surface area is 158 Å². The molecule has 4 rings (SSSR count). The number of hydrogen-bond acceptors (Lipinski definition) is 3. The third-order valence-corrected chi connectivity index (χ3v) is 5.34. The van der Waals surface area contributed by atoms with Crippen LogP contribution in [0.3, 0.4) is 0 Å². The van der Waals surface area contributed by atoms with E-state index in [2.05, 4.69) is 10.6 Å². The molecule has 3 amide bonds. The predicted molar refractivity (Wildman–Crippen MR) is 103 cm³/mol. The number of phenols is 1. The summed E-state index contributed by atoms with van der Waals surface area (Å²) >= 11 is 0. The van der Waals surface area contributed by atoms with Crippen LogP contribution in [0.25, 0.3) is 0 Å². The summed E-state index contributed by atoms with van der Waals surface area (Å²) in [4.78, 5) is 25.8. The summed E-state index contributed by atoms with van der Waals surface area (Å²) in [6, 6.07) is 13.0. The van der Waals surface area contributed by atoms with E-state index in [4.69, 9.17) is 0 Å². The summed E-state index contributed by atoms with van der Waals surface area (Å²) < 4.78 is 0. The number of carbonyl (C=O) groups is 2. The van der Waals surface area contributed by atoms with Gasteiger partial charge in [0.25, 0.3) is 0 Å². The van der Waals surface area contributed by atoms with Crippen molar-refractivity contribution in [2.75, 3.05) is 18.4 Å². The van der Waals surface area contributed by atoms with E-state index < -0.39 is 0 Å². The van der Waals surface area contributed by atoms with E-state index in [0.29, 0.717) is 19.5 Å². The Kier molecular flexibility index (Phi) is 4.71. The van der Waals surface area contributed by atoms with Gasteiger partial charge in [-0.2, -0.15) is 0 Å². The van der Waals surface area contributed by atoms with Gasteiger partial charge < -0.3 is 20.6 Å².